The van der Waals surface area contributed by atoms with Crippen molar-refractivity contribution in [1.82, 2.24) is 19.4 Å². The van der Waals surface area contributed by atoms with Crippen LogP contribution in [0.5, 0.6) is 0 Å². The summed E-state index contributed by atoms with van der Waals surface area (Å²) in [6.07, 6.45) is 5.73. The molecule has 1 aromatic heterocycles. The molecular formula is C14H22N4O2. The maximum Gasteiger partial charge on any atom is 0.289 e. The predicted molar refractivity (Wildman–Crippen MR) is 74.5 cm³/mol. The normalized spacial score (nSPS) is 26.2. The van der Waals surface area contributed by atoms with E-state index < -0.39 is 0 Å². The largest absolute Gasteiger partial charge is 0.383 e. The lowest BCUT2D eigenvalue weighted by atomic mass is 9.84. The molecule has 1 aromatic rings. The van der Waals surface area contributed by atoms with E-state index in [0.29, 0.717) is 5.82 Å². The van der Waals surface area contributed by atoms with E-state index in [-0.39, 0.29) is 11.4 Å². The Bertz CT molecular complexity index is 501. The number of ether oxygens (including phenoxy) is 1. The van der Waals surface area contributed by atoms with E-state index in [1.165, 1.54) is 6.42 Å². The lowest BCUT2D eigenvalue weighted by Gasteiger charge is -2.50. The van der Waals surface area contributed by atoms with Gasteiger partial charge in [-0.15, -0.1) is 0 Å². The molecule has 1 spiro atoms. The second-order valence-corrected chi connectivity index (χ2v) is 5.79. The molecule has 110 valence electrons. The van der Waals surface area contributed by atoms with Gasteiger partial charge < -0.3 is 14.2 Å². The average Bonchev–Trinajstić information content (AvgIpc) is 3.05. The average molecular weight is 278 g/mol. The van der Waals surface area contributed by atoms with Crippen molar-refractivity contribution >= 4 is 5.91 Å². The summed E-state index contributed by atoms with van der Waals surface area (Å²) in [6.45, 7) is 4.49. The second-order valence-electron chi connectivity index (χ2n) is 5.79. The van der Waals surface area contributed by atoms with E-state index in [2.05, 4.69) is 9.88 Å². The Morgan fingerprint density at radius 2 is 2.25 bits per heavy atom. The third-order valence-electron chi connectivity index (χ3n) is 4.72. The topological polar surface area (TPSA) is 50.6 Å². The molecule has 0 unspecified atom stereocenters. The van der Waals surface area contributed by atoms with Crippen LogP contribution in [0.15, 0.2) is 12.4 Å². The second kappa shape index (κ2) is 5.18. The maximum atomic E-state index is 12.5. The van der Waals surface area contributed by atoms with Crippen molar-refractivity contribution in [2.75, 3.05) is 39.9 Å². The van der Waals surface area contributed by atoms with Crippen LogP contribution in [0.3, 0.4) is 0 Å². The summed E-state index contributed by atoms with van der Waals surface area (Å²) in [6, 6.07) is 0. The molecule has 6 heteroatoms. The molecule has 0 aromatic carbocycles. The van der Waals surface area contributed by atoms with Gasteiger partial charge in [-0.1, -0.05) is 0 Å². The van der Waals surface area contributed by atoms with Crippen molar-refractivity contribution in [3.05, 3.63) is 18.2 Å². The highest BCUT2D eigenvalue weighted by atomic mass is 16.5. The summed E-state index contributed by atoms with van der Waals surface area (Å²) in [5.74, 6) is 0.581. The number of aryl methyl sites for hydroxylation is 1. The van der Waals surface area contributed by atoms with Crippen LogP contribution in [0.4, 0.5) is 0 Å². The van der Waals surface area contributed by atoms with Gasteiger partial charge in [0, 0.05) is 58.3 Å². The van der Waals surface area contributed by atoms with E-state index in [1.54, 1.807) is 17.9 Å². The molecule has 3 heterocycles. The molecular weight excluding hydrogens is 256 g/mol. The van der Waals surface area contributed by atoms with Crippen molar-refractivity contribution in [2.24, 2.45) is 7.05 Å². The molecule has 1 atom stereocenters. The quantitative estimate of drug-likeness (QED) is 0.798. The third-order valence-corrected chi connectivity index (χ3v) is 4.72. The van der Waals surface area contributed by atoms with Gasteiger partial charge in [-0.2, -0.15) is 0 Å². The molecule has 0 bridgehead atoms. The van der Waals surface area contributed by atoms with Crippen LogP contribution in [0.25, 0.3) is 0 Å². The summed E-state index contributed by atoms with van der Waals surface area (Å²) < 4.78 is 6.95. The number of methoxy groups -OCH3 is 1. The molecule has 2 aliphatic heterocycles. The lowest BCUT2D eigenvalue weighted by molar-refractivity contribution is -0.0214. The smallest absolute Gasteiger partial charge is 0.289 e. The number of imidazole rings is 1. The summed E-state index contributed by atoms with van der Waals surface area (Å²) in [7, 11) is 3.60. The van der Waals surface area contributed by atoms with Crippen molar-refractivity contribution in [3.8, 4) is 0 Å². The van der Waals surface area contributed by atoms with Crippen LogP contribution in [0.2, 0.25) is 0 Å². The lowest BCUT2D eigenvalue weighted by Crippen LogP contribution is -2.62. The summed E-state index contributed by atoms with van der Waals surface area (Å²) in [5, 5.41) is 0. The van der Waals surface area contributed by atoms with Crippen molar-refractivity contribution in [3.63, 3.8) is 0 Å². The Balaban J connectivity index is 1.65. The molecule has 0 saturated carbocycles. The Hall–Kier alpha value is -1.40. The van der Waals surface area contributed by atoms with Gasteiger partial charge in [-0.3, -0.25) is 9.69 Å². The first-order chi connectivity index (χ1) is 9.66. The standard InChI is InChI=1S/C14H22N4O2/c1-16-8-5-15-12(16)13(19)17-6-3-14(11-17)4-7-18(14)9-10-20-2/h5,8H,3-4,6-7,9-11H2,1-2H3/t14-/m1/s1. The molecule has 0 N–H and O–H groups in total. The minimum Gasteiger partial charge on any atom is -0.383 e. The number of rotatable bonds is 4. The Morgan fingerprint density at radius 1 is 1.45 bits per heavy atom. The number of likely N-dealkylation sites (tertiary alicyclic amines) is 2. The zero-order valence-electron chi connectivity index (χ0n) is 12.2. The minimum atomic E-state index is 0.0490. The number of nitrogens with zero attached hydrogens (tertiary/aromatic N) is 4. The van der Waals surface area contributed by atoms with Crippen LogP contribution < -0.4 is 0 Å². The SMILES string of the molecule is COCCN1CC[C@@]12CCN(C(=O)c1nccn1C)C2. The summed E-state index contributed by atoms with van der Waals surface area (Å²) in [5.41, 5.74) is 0.194. The van der Waals surface area contributed by atoms with E-state index in [9.17, 15) is 4.79 Å². The molecule has 0 aliphatic carbocycles. The van der Waals surface area contributed by atoms with E-state index >= 15 is 0 Å². The van der Waals surface area contributed by atoms with E-state index in [4.69, 9.17) is 4.74 Å². The molecule has 6 nitrogen and oxygen atoms in total. The Kier molecular flexibility index (Phi) is 3.52. The summed E-state index contributed by atoms with van der Waals surface area (Å²) >= 11 is 0. The molecule has 3 rings (SSSR count). The first-order valence-corrected chi connectivity index (χ1v) is 7.17. The van der Waals surface area contributed by atoms with Gasteiger partial charge >= 0.3 is 0 Å². The maximum absolute atomic E-state index is 12.5. The van der Waals surface area contributed by atoms with Gasteiger partial charge in [-0.05, 0) is 12.8 Å². The van der Waals surface area contributed by atoms with Crippen molar-refractivity contribution in [1.29, 1.82) is 0 Å². The van der Waals surface area contributed by atoms with Gasteiger partial charge in [0.1, 0.15) is 0 Å². The zero-order chi connectivity index (χ0) is 14.2. The van der Waals surface area contributed by atoms with Crippen molar-refractivity contribution < 1.29 is 9.53 Å². The van der Waals surface area contributed by atoms with Gasteiger partial charge in [0.25, 0.3) is 5.91 Å². The van der Waals surface area contributed by atoms with Gasteiger partial charge in [0.05, 0.1) is 6.61 Å². The number of aromatic nitrogens is 2. The monoisotopic (exact) mass is 278 g/mol. The van der Waals surface area contributed by atoms with Crippen molar-refractivity contribution in [2.45, 2.75) is 18.4 Å². The molecule has 2 saturated heterocycles. The van der Waals surface area contributed by atoms with Crippen LogP contribution in [0, 0.1) is 0 Å². The first-order valence-electron chi connectivity index (χ1n) is 7.17. The van der Waals surface area contributed by atoms with Crippen LogP contribution in [-0.2, 0) is 11.8 Å². The predicted octanol–water partition coefficient (Wildman–Crippen LogP) is 0.357. The fourth-order valence-electron chi connectivity index (χ4n) is 3.34. The fraction of sp³-hybridized carbons (Fsp3) is 0.714. The molecule has 2 fully saturated rings. The number of hydrogen-bond donors (Lipinski definition) is 0. The zero-order valence-corrected chi connectivity index (χ0v) is 12.2. The van der Waals surface area contributed by atoms with Gasteiger partial charge in [0.15, 0.2) is 5.82 Å². The van der Waals surface area contributed by atoms with Gasteiger partial charge in [-0.25, -0.2) is 4.98 Å². The first kappa shape index (κ1) is 13.6. The van der Waals surface area contributed by atoms with E-state index in [0.717, 1.165) is 39.2 Å². The number of hydrogen-bond acceptors (Lipinski definition) is 4. The highest BCUT2D eigenvalue weighted by molar-refractivity contribution is 5.91. The Morgan fingerprint density at radius 3 is 2.85 bits per heavy atom. The summed E-state index contributed by atoms with van der Waals surface area (Å²) in [4.78, 5) is 21.0. The number of carbonyl (C=O) groups is 1. The molecule has 20 heavy (non-hydrogen) atoms. The number of carbonyl (C=O) groups excluding carboxylic acids is 1. The fourth-order valence-corrected chi connectivity index (χ4v) is 3.34. The van der Waals surface area contributed by atoms with Crippen LogP contribution >= 0.6 is 0 Å². The molecule has 1 amide bonds. The molecule has 0 radical (unpaired) electrons. The van der Waals surface area contributed by atoms with E-state index in [1.807, 2.05) is 18.1 Å². The molecule has 2 aliphatic rings. The van der Waals surface area contributed by atoms with Crippen LogP contribution in [-0.4, -0.2) is 70.7 Å². The number of amides is 1. The third kappa shape index (κ3) is 2.13. The highest BCUT2D eigenvalue weighted by Gasteiger charge is 2.50. The highest BCUT2D eigenvalue weighted by Crippen LogP contribution is 2.39. The van der Waals surface area contributed by atoms with Gasteiger partial charge in [0.2, 0.25) is 0 Å². The minimum absolute atomic E-state index is 0.0490. The van der Waals surface area contributed by atoms with Crippen LogP contribution in [0.1, 0.15) is 23.5 Å². The Labute approximate surface area is 119 Å².